The predicted octanol–water partition coefficient (Wildman–Crippen LogP) is 2.30. The third-order valence-electron chi connectivity index (χ3n) is 9.90. The monoisotopic (exact) mass is 588 g/mol. The Morgan fingerprint density at radius 1 is 1.15 bits per heavy atom. The van der Waals surface area contributed by atoms with Gasteiger partial charge in [0.05, 0.1) is 29.8 Å². The van der Waals surface area contributed by atoms with Crippen molar-refractivity contribution in [2.24, 2.45) is 23.7 Å². The third-order valence-corrected chi connectivity index (χ3v) is 9.90. The first-order valence-corrected chi connectivity index (χ1v) is 15.5. The SMILES string of the molecule is CC[C@@H](O)[C@@](C)(O)[C@H]1OC(=O)[C@H](C)[C@@H](C)[C@H](C)[C@@H](OC2(C)O[C@H](C)C[C@H](N(C)C)[C@H]2O)[C@](C)(O)C[C@@H](C)CN[C@H]1C. The number of nitrogens with zero attached hydrogens (tertiary/aromatic N) is 1. The van der Waals surface area contributed by atoms with Crippen molar-refractivity contribution in [2.45, 2.75) is 148 Å². The number of esters is 1. The largest absolute Gasteiger partial charge is 0.457 e. The van der Waals surface area contributed by atoms with Gasteiger partial charge in [-0.15, -0.1) is 0 Å². The molecule has 2 aliphatic heterocycles. The highest BCUT2D eigenvalue weighted by atomic mass is 16.7. The lowest BCUT2D eigenvalue weighted by atomic mass is 9.74. The van der Waals surface area contributed by atoms with E-state index in [2.05, 4.69) is 5.32 Å². The number of nitrogens with one attached hydrogen (secondary N) is 1. The van der Waals surface area contributed by atoms with Crippen LogP contribution in [0, 0.1) is 23.7 Å². The van der Waals surface area contributed by atoms with Gasteiger partial charge in [-0.1, -0.05) is 34.6 Å². The highest BCUT2D eigenvalue weighted by Gasteiger charge is 2.53. The number of rotatable bonds is 6. The number of aliphatic hydroxyl groups excluding tert-OH is 2. The summed E-state index contributed by atoms with van der Waals surface area (Å²) in [4.78, 5) is 15.5. The van der Waals surface area contributed by atoms with Gasteiger partial charge >= 0.3 is 5.97 Å². The fourth-order valence-corrected chi connectivity index (χ4v) is 6.88. The first-order valence-electron chi connectivity index (χ1n) is 15.5. The summed E-state index contributed by atoms with van der Waals surface area (Å²) in [6.45, 7) is 18.6. The molecule has 0 spiro atoms. The summed E-state index contributed by atoms with van der Waals surface area (Å²) in [6.07, 6.45) is -2.70. The van der Waals surface area contributed by atoms with Crippen molar-refractivity contribution in [3.8, 4) is 0 Å². The second kappa shape index (κ2) is 13.8. The lowest BCUT2D eigenvalue weighted by molar-refractivity contribution is -0.356. The number of hydrogen-bond donors (Lipinski definition) is 5. The molecule has 0 aromatic carbocycles. The Morgan fingerprint density at radius 2 is 1.73 bits per heavy atom. The summed E-state index contributed by atoms with van der Waals surface area (Å²) in [5, 5.41) is 48.7. The Hall–Kier alpha value is -0.850. The Kier molecular flexibility index (Phi) is 12.3. The second-order valence-electron chi connectivity index (χ2n) is 14.1. The topological polar surface area (TPSA) is 141 Å². The highest BCUT2D eigenvalue weighted by molar-refractivity contribution is 5.72. The first kappa shape index (κ1) is 36.3. The van der Waals surface area contributed by atoms with Gasteiger partial charge < -0.3 is 44.9 Å². The molecular weight excluding hydrogens is 528 g/mol. The molecule has 2 fully saturated rings. The average Bonchev–Trinajstić information content (AvgIpc) is 2.88. The number of carbonyl (C=O) groups is 1. The van der Waals surface area contributed by atoms with Crippen LogP contribution in [0.25, 0.3) is 0 Å². The van der Waals surface area contributed by atoms with Crippen molar-refractivity contribution in [3.63, 3.8) is 0 Å². The lowest BCUT2D eigenvalue weighted by Gasteiger charge is -2.51. The lowest BCUT2D eigenvalue weighted by Crippen LogP contribution is -2.64. The molecule has 0 aromatic rings. The van der Waals surface area contributed by atoms with Crippen molar-refractivity contribution < 1.29 is 39.4 Å². The van der Waals surface area contributed by atoms with Crippen LogP contribution in [0.15, 0.2) is 0 Å². The molecule has 0 saturated carbocycles. The van der Waals surface area contributed by atoms with E-state index in [9.17, 15) is 25.2 Å². The van der Waals surface area contributed by atoms with E-state index in [1.165, 1.54) is 6.92 Å². The molecule has 0 amide bonds. The maximum atomic E-state index is 13.6. The van der Waals surface area contributed by atoms with Crippen molar-refractivity contribution in [1.82, 2.24) is 10.2 Å². The van der Waals surface area contributed by atoms with E-state index < -0.39 is 59.3 Å². The van der Waals surface area contributed by atoms with Crippen molar-refractivity contribution in [2.75, 3.05) is 20.6 Å². The van der Waals surface area contributed by atoms with Crippen LogP contribution in [0.1, 0.15) is 88.5 Å². The Balaban J connectivity index is 2.51. The average molecular weight is 589 g/mol. The van der Waals surface area contributed by atoms with E-state index in [1.807, 2.05) is 53.6 Å². The Labute approximate surface area is 248 Å². The van der Waals surface area contributed by atoms with E-state index in [0.717, 1.165) is 0 Å². The summed E-state index contributed by atoms with van der Waals surface area (Å²) in [5.41, 5.74) is -3.01. The van der Waals surface area contributed by atoms with Gasteiger partial charge in [0.15, 0.2) is 5.79 Å². The van der Waals surface area contributed by atoms with Gasteiger partial charge in [-0.25, -0.2) is 0 Å². The molecule has 0 radical (unpaired) electrons. The van der Waals surface area contributed by atoms with Gasteiger partial charge in [0.25, 0.3) is 0 Å². The molecule has 2 heterocycles. The van der Waals surface area contributed by atoms with Gasteiger partial charge in [-0.2, -0.15) is 0 Å². The van der Waals surface area contributed by atoms with Gasteiger partial charge in [0.1, 0.15) is 17.8 Å². The Morgan fingerprint density at radius 3 is 2.27 bits per heavy atom. The molecule has 0 bridgehead atoms. The van der Waals surface area contributed by atoms with Crippen LogP contribution in [0.2, 0.25) is 0 Å². The van der Waals surface area contributed by atoms with Gasteiger partial charge in [0.2, 0.25) is 0 Å². The summed E-state index contributed by atoms with van der Waals surface area (Å²) in [5.74, 6) is -3.20. The highest BCUT2D eigenvalue weighted by Crippen LogP contribution is 2.41. The summed E-state index contributed by atoms with van der Waals surface area (Å²) < 4.78 is 18.9. The molecule has 10 heteroatoms. The number of hydrogen-bond acceptors (Lipinski definition) is 10. The fraction of sp³-hybridized carbons (Fsp3) is 0.968. The minimum atomic E-state index is -1.67. The quantitative estimate of drug-likeness (QED) is 0.294. The van der Waals surface area contributed by atoms with Crippen LogP contribution in [-0.2, 0) is 19.0 Å². The molecule has 41 heavy (non-hydrogen) atoms. The number of ether oxygens (including phenoxy) is 3. The van der Waals surface area contributed by atoms with Crippen LogP contribution in [0.4, 0.5) is 0 Å². The second-order valence-corrected chi connectivity index (χ2v) is 14.1. The maximum Gasteiger partial charge on any atom is 0.309 e. The summed E-state index contributed by atoms with van der Waals surface area (Å²) >= 11 is 0. The zero-order valence-corrected chi connectivity index (χ0v) is 27.5. The minimum absolute atomic E-state index is 0.0323. The van der Waals surface area contributed by atoms with Crippen LogP contribution in [0.3, 0.4) is 0 Å². The number of aliphatic hydroxyl groups is 4. The zero-order valence-electron chi connectivity index (χ0n) is 27.5. The van der Waals surface area contributed by atoms with Gasteiger partial charge in [-0.05, 0) is 92.3 Å². The molecular formula is C31H60N2O8. The minimum Gasteiger partial charge on any atom is -0.457 e. The molecule has 2 aliphatic rings. The molecule has 14 atom stereocenters. The molecule has 0 aliphatic carbocycles. The van der Waals surface area contributed by atoms with E-state index in [4.69, 9.17) is 14.2 Å². The predicted molar refractivity (Wildman–Crippen MR) is 158 cm³/mol. The normalized spacial score (nSPS) is 46.0. The van der Waals surface area contributed by atoms with Crippen LogP contribution >= 0.6 is 0 Å². The number of carbonyl (C=O) groups excluding carboxylic acids is 1. The van der Waals surface area contributed by atoms with Crippen LogP contribution in [-0.4, -0.2) is 112 Å². The number of likely N-dealkylation sites (N-methyl/N-ethyl adjacent to an activating group) is 1. The smallest absolute Gasteiger partial charge is 0.309 e. The molecule has 2 rings (SSSR count). The molecule has 242 valence electrons. The van der Waals surface area contributed by atoms with Crippen molar-refractivity contribution in [1.29, 1.82) is 0 Å². The maximum absolute atomic E-state index is 13.6. The molecule has 0 aromatic heterocycles. The first-order chi connectivity index (χ1) is 18.7. The van der Waals surface area contributed by atoms with E-state index in [0.29, 0.717) is 25.8 Å². The number of cyclic esters (lactones) is 1. The van der Waals surface area contributed by atoms with Crippen molar-refractivity contribution >= 4 is 5.97 Å². The molecule has 5 N–H and O–H groups in total. The standard InChI is InChI=1S/C31H60N2O8/c1-13-24(34)30(9,38)27-22(7)32-16-17(2)15-29(8,37)26(20(5)19(4)21(6)28(36)39-27)41-31(10)25(35)23(33(11)12)14-18(3)40-31/h17-27,32,34-35,37-38H,13-16H2,1-12H3/t17-,18-,19+,20+,21-,22+,23+,24-,25-,26-,27+,29-,30-,31?/m1/s1. The molecule has 10 nitrogen and oxygen atoms in total. The zero-order chi connectivity index (χ0) is 31.7. The van der Waals surface area contributed by atoms with Crippen LogP contribution in [0.5, 0.6) is 0 Å². The van der Waals surface area contributed by atoms with E-state index in [1.54, 1.807) is 27.7 Å². The summed E-state index contributed by atoms with van der Waals surface area (Å²) in [6, 6.07) is -0.665. The fourth-order valence-electron chi connectivity index (χ4n) is 6.88. The van der Waals surface area contributed by atoms with Crippen LogP contribution < -0.4 is 5.32 Å². The molecule has 1 unspecified atom stereocenters. The third kappa shape index (κ3) is 8.20. The molecule has 2 saturated heterocycles. The van der Waals surface area contributed by atoms with Gasteiger partial charge in [0, 0.05) is 12.1 Å². The Bertz CT molecular complexity index is 854. The van der Waals surface area contributed by atoms with E-state index >= 15 is 0 Å². The van der Waals surface area contributed by atoms with Crippen molar-refractivity contribution in [3.05, 3.63) is 0 Å². The van der Waals surface area contributed by atoms with E-state index in [-0.39, 0.29) is 29.9 Å². The van der Waals surface area contributed by atoms with Gasteiger partial charge in [-0.3, -0.25) is 4.79 Å². The summed E-state index contributed by atoms with van der Waals surface area (Å²) in [7, 11) is 3.83.